The van der Waals surface area contributed by atoms with Crippen LogP contribution in [0.2, 0.25) is 0 Å². The Balaban J connectivity index is 1.75. The van der Waals surface area contributed by atoms with Gasteiger partial charge in [0.2, 0.25) is 11.7 Å². The Morgan fingerprint density at radius 1 is 1.14 bits per heavy atom. The zero-order valence-electron chi connectivity index (χ0n) is 15.4. The largest absolute Gasteiger partial charge is 0.465 e. The highest BCUT2D eigenvalue weighted by Crippen LogP contribution is 2.26. The molecule has 0 aliphatic rings. The van der Waals surface area contributed by atoms with E-state index < -0.39 is 0 Å². The van der Waals surface area contributed by atoms with Crippen molar-refractivity contribution in [2.24, 2.45) is 0 Å². The lowest BCUT2D eigenvalue weighted by Crippen LogP contribution is -2.06. The number of hydrogen-bond acceptors (Lipinski definition) is 7. The number of aromatic nitrogens is 4. The molecule has 4 rings (SSSR count). The molecule has 0 spiro atoms. The van der Waals surface area contributed by atoms with Crippen LogP contribution in [-0.4, -0.2) is 32.4 Å². The molecule has 2 heterocycles. The number of carbonyl (C=O) groups is 1. The number of carbonyl (C=O) groups excluding carboxylic acids is 1. The van der Waals surface area contributed by atoms with Gasteiger partial charge in [0.05, 0.1) is 12.7 Å². The van der Waals surface area contributed by atoms with E-state index in [1.807, 2.05) is 25.1 Å². The summed E-state index contributed by atoms with van der Waals surface area (Å²) in [5, 5.41) is 3.25. The number of anilines is 3. The second-order valence-electron chi connectivity index (χ2n) is 6.18. The summed E-state index contributed by atoms with van der Waals surface area (Å²) in [6.07, 6.45) is 3.43. The van der Waals surface area contributed by atoms with Crippen LogP contribution in [-0.2, 0) is 4.74 Å². The monoisotopic (exact) mass is 374 g/mol. The van der Waals surface area contributed by atoms with E-state index in [1.54, 1.807) is 41.1 Å². The molecule has 0 fully saturated rings. The smallest absolute Gasteiger partial charge is 0.337 e. The van der Waals surface area contributed by atoms with Crippen molar-refractivity contribution in [3.05, 3.63) is 66.0 Å². The molecule has 0 atom stereocenters. The molecule has 2 aromatic carbocycles. The summed E-state index contributed by atoms with van der Waals surface area (Å²) in [6.45, 7) is 1.93. The Bertz CT molecular complexity index is 1170. The maximum atomic E-state index is 11.6. The van der Waals surface area contributed by atoms with E-state index in [9.17, 15) is 4.79 Å². The molecular formula is C20H18N6O2. The molecule has 0 saturated carbocycles. The van der Waals surface area contributed by atoms with Crippen LogP contribution in [0.1, 0.15) is 15.9 Å². The fourth-order valence-corrected chi connectivity index (χ4v) is 2.86. The first-order valence-electron chi connectivity index (χ1n) is 8.59. The molecule has 0 radical (unpaired) electrons. The number of fused-ring (bicyclic) bond motifs is 1. The molecule has 0 saturated heterocycles. The number of ether oxygens (including phenoxy) is 1. The average Bonchev–Trinajstić information content (AvgIpc) is 3.19. The molecular weight excluding hydrogens is 356 g/mol. The fraction of sp³-hybridized carbons (Fsp3) is 0.100. The Kier molecular flexibility index (Phi) is 4.36. The number of benzene rings is 2. The third-order valence-corrected chi connectivity index (χ3v) is 4.45. The second-order valence-corrected chi connectivity index (χ2v) is 6.18. The summed E-state index contributed by atoms with van der Waals surface area (Å²) in [4.78, 5) is 25.1. The molecule has 8 heteroatoms. The number of esters is 1. The predicted octanol–water partition coefficient (Wildman–Crippen LogP) is 3.21. The molecule has 8 nitrogen and oxygen atoms in total. The Hall–Kier alpha value is -3.94. The van der Waals surface area contributed by atoms with Gasteiger partial charge in [-0.2, -0.15) is 9.97 Å². The number of methoxy groups -OCH3 is 1. The van der Waals surface area contributed by atoms with Gasteiger partial charge in [-0.25, -0.2) is 9.78 Å². The van der Waals surface area contributed by atoms with Crippen molar-refractivity contribution in [3.63, 3.8) is 0 Å². The number of nitrogens with zero attached hydrogens (tertiary/aromatic N) is 4. The summed E-state index contributed by atoms with van der Waals surface area (Å²) in [6, 6.07) is 12.6. The van der Waals surface area contributed by atoms with Gasteiger partial charge >= 0.3 is 5.97 Å². The van der Waals surface area contributed by atoms with E-state index in [1.165, 1.54) is 7.11 Å². The van der Waals surface area contributed by atoms with Crippen molar-refractivity contribution in [3.8, 4) is 11.4 Å². The number of nitrogens with one attached hydrogen (secondary N) is 1. The van der Waals surface area contributed by atoms with Crippen molar-refractivity contribution in [1.82, 2.24) is 19.4 Å². The number of hydrogen-bond donors (Lipinski definition) is 2. The number of nitrogen functional groups attached to an aromatic ring is 1. The quantitative estimate of drug-likeness (QED) is 0.417. The topological polar surface area (TPSA) is 107 Å². The molecule has 0 bridgehead atoms. The van der Waals surface area contributed by atoms with Gasteiger partial charge in [0.1, 0.15) is 0 Å². The van der Waals surface area contributed by atoms with Gasteiger partial charge in [-0.15, -0.1) is 0 Å². The van der Waals surface area contributed by atoms with Crippen LogP contribution in [0.25, 0.3) is 17.2 Å². The summed E-state index contributed by atoms with van der Waals surface area (Å²) < 4.78 is 6.47. The predicted molar refractivity (Wildman–Crippen MR) is 106 cm³/mol. The lowest BCUT2D eigenvalue weighted by atomic mass is 10.1. The first kappa shape index (κ1) is 17.5. The van der Waals surface area contributed by atoms with Gasteiger partial charge in [-0.1, -0.05) is 12.1 Å². The first-order valence-corrected chi connectivity index (χ1v) is 8.59. The molecule has 28 heavy (non-hydrogen) atoms. The normalized spacial score (nSPS) is 10.8. The van der Waals surface area contributed by atoms with Crippen LogP contribution in [0.4, 0.5) is 17.3 Å². The van der Waals surface area contributed by atoms with Crippen molar-refractivity contribution in [1.29, 1.82) is 0 Å². The molecule has 0 aliphatic heterocycles. The van der Waals surface area contributed by atoms with Crippen LogP contribution in [0.5, 0.6) is 0 Å². The van der Waals surface area contributed by atoms with Crippen molar-refractivity contribution >= 4 is 29.1 Å². The van der Waals surface area contributed by atoms with Gasteiger partial charge in [0.15, 0.2) is 5.82 Å². The minimum Gasteiger partial charge on any atom is -0.465 e. The summed E-state index contributed by atoms with van der Waals surface area (Å²) >= 11 is 0. The first-order chi connectivity index (χ1) is 13.6. The van der Waals surface area contributed by atoms with E-state index in [0.29, 0.717) is 28.8 Å². The molecule has 4 aromatic rings. The SMILES string of the molecule is COC(=O)c1ccc(Nc2nc(-c3cccc(N)c3C)nc3nccn23)cc1. The van der Waals surface area contributed by atoms with Crippen molar-refractivity contribution in [2.75, 3.05) is 18.2 Å². The molecule has 140 valence electrons. The number of nitrogens with two attached hydrogens (primary N) is 1. The van der Waals surface area contributed by atoms with Crippen LogP contribution in [0, 0.1) is 6.92 Å². The highest BCUT2D eigenvalue weighted by atomic mass is 16.5. The van der Waals surface area contributed by atoms with Gasteiger partial charge < -0.3 is 15.8 Å². The zero-order chi connectivity index (χ0) is 19.7. The molecule has 0 aliphatic carbocycles. The highest BCUT2D eigenvalue weighted by Gasteiger charge is 2.13. The minimum atomic E-state index is -0.384. The van der Waals surface area contributed by atoms with E-state index in [0.717, 1.165) is 16.8 Å². The van der Waals surface area contributed by atoms with E-state index >= 15 is 0 Å². The third kappa shape index (κ3) is 3.11. The van der Waals surface area contributed by atoms with E-state index in [4.69, 9.17) is 10.5 Å². The van der Waals surface area contributed by atoms with Gasteiger partial charge in [0, 0.05) is 29.3 Å². The standard InChI is InChI=1S/C20H18N6O2/c1-12-15(4-3-5-16(12)21)17-24-19-22-10-11-26(19)20(25-17)23-14-8-6-13(7-9-14)18(27)28-2/h3-11H,21H2,1-2H3,(H,22,23,24,25). The number of imidazole rings is 1. The van der Waals surface area contributed by atoms with Crippen LogP contribution in [0.15, 0.2) is 54.9 Å². The summed E-state index contributed by atoms with van der Waals surface area (Å²) in [7, 11) is 1.35. The lowest BCUT2D eigenvalue weighted by molar-refractivity contribution is 0.0601. The average molecular weight is 374 g/mol. The van der Waals surface area contributed by atoms with Gasteiger partial charge in [0.25, 0.3) is 0 Å². The summed E-state index contributed by atoms with van der Waals surface area (Å²) in [5.41, 5.74) is 9.69. The van der Waals surface area contributed by atoms with Crippen LogP contribution >= 0.6 is 0 Å². The fourth-order valence-electron chi connectivity index (χ4n) is 2.86. The van der Waals surface area contributed by atoms with Crippen molar-refractivity contribution in [2.45, 2.75) is 6.92 Å². The van der Waals surface area contributed by atoms with Crippen LogP contribution in [0.3, 0.4) is 0 Å². The summed E-state index contributed by atoms with van der Waals surface area (Å²) in [5.74, 6) is 1.20. The number of rotatable bonds is 4. The molecule has 2 aromatic heterocycles. The minimum absolute atomic E-state index is 0.384. The Labute approximate surface area is 161 Å². The molecule has 3 N–H and O–H groups in total. The van der Waals surface area contributed by atoms with Gasteiger partial charge in [-0.3, -0.25) is 4.40 Å². The van der Waals surface area contributed by atoms with Crippen LogP contribution < -0.4 is 11.1 Å². The Morgan fingerprint density at radius 3 is 2.68 bits per heavy atom. The van der Waals surface area contributed by atoms with Gasteiger partial charge in [-0.05, 0) is 42.8 Å². The highest BCUT2D eigenvalue weighted by molar-refractivity contribution is 5.89. The maximum absolute atomic E-state index is 11.6. The lowest BCUT2D eigenvalue weighted by Gasteiger charge is -2.12. The molecule has 0 amide bonds. The van der Waals surface area contributed by atoms with E-state index in [2.05, 4.69) is 20.3 Å². The Morgan fingerprint density at radius 2 is 1.93 bits per heavy atom. The van der Waals surface area contributed by atoms with Crippen molar-refractivity contribution < 1.29 is 9.53 Å². The van der Waals surface area contributed by atoms with E-state index in [-0.39, 0.29) is 5.97 Å². The third-order valence-electron chi connectivity index (χ3n) is 4.45. The second kappa shape index (κ2) is 6.99. The zero-order valence-corrected chi connectivity index (χ0v) is 15.4. The molecule has 0 unspecified atom stereocenters. The maximum Gasteiger partial charge on any atom is 0.337 e.